The van der Waals surface area contributed by atoms with Crippen molar-refractivity contribution in [3.8, 4) is 5.75 Å². The zero-order valence-electron chi connectivity index (χ0n) is 17.6. The third-order valence-electron chi connectivity index (χ3n) is 6.27. The first-order valence-corrected chi connectivity index (χ1v) is 12.2. The Morgan fingerprint density at radius 2 is 1.68 bits per heavy atom. The lowest BCUT2D eigenvalue weighted by Crippen LogP contribution is -2.28. The normalized spacial score (nSPS) is 24.9. The highest BCUT2D eigenvalue weighted by molar-refractivity contribution is 9.11. The van der Waals surface area contributed by atoms with E-state index in [2.05, 4.69) is 42.3 Å². The van der Waals surface area contributed by atoms with Gasteiger partial charge in [-0.25, -0.2) is 4.39 Å². The molecule has 5 rings (SSSR count). The van der Waals surface area contributed by atoms with E-state index >= 15 is 0 Å². The Kier molecular flexibility index (Phi) is 6.11. The molecule has 4 atom stereocenters. The fourth-order valence-corrected chi connectivity index (χ4v) is 6.24. The molecule has 2 aromatic carbocycles. The molecule has 1 saturated heterocycles. The Hall–Kier alpha value is -2.85. The van der Waals surface area contributed by atoms with E-state index in [0.29, 0.717) is 25.9 Å². The molecule has 0 unspecified atom stereocenters. The molecule has 2 fully saturated rings. The molecule has 1 saturated carbocycles. The number of amides is 3. The van der Waals surface area contributed by atoms with Crippen LogP contribution in [0, 0.1) is 29.5 Å². The van der Waals surface area contributed by atoms with Crippen LogP contribution >= 0.6 is 31.9 Å². The Balaban J connectivity index is 1.23. The summed E-state index contributed by atoms with van der Waals surface area (Å²) in [5.74, 6) is -1.21. The number of hydrazone groups is 1. The van der Waals surface area contributed by atoms with E-state index in [1.807, 2.05) is 12.2 Å². The number of nitrogens with zero attached hydrogens (tertiary/aromatic N) is 2. The summed E-state index contributed by atoms with van der Waals surface area (Å²) in [7, 11) is 0. The SMILES string of the molecule is O=C(COc1c(Br)cc(C=NN2C(=O)[C@@H]3[C@H](C2=O)[C@H]2C=C[C@H]3C2)cc1Br)Nc1ccc(F)cc1. The Bertz CT molecular complexity index is 1190. The van der Waals surface area contributed by atoms with Crippen LogP contribution in [0.1, 0.15) is 12.0 Å². The minimum Gasteiger partial charge on any atom is -0.481 e. The molecule has 0 radical (unpaired) electrons. The van der Waals surface area contributed by atoms with E-state index in [4.69, 9.17) is 4.74 Å². The first-order chi connectivity index (χ1) is 16.3. The molecule has 2 aliphatic carbocycles. The number of allylic oxidation sites excluding steroid dienone is 2. The second-order valence-electron chi connectivity index (χ2n) is 8.39. The number of halogens is 3. The van der Waals surface area contributed by atoms with Gasteiger partial charge in [-0.2, -0.15) is 10.1 Å². The van der Waals surface area contributed by atoms with Gasteiger partial charge in [0.1, 0.15) is 11.6 Å². The number of carbonyl (C=O) groups is 3. The monoisotopic (exact) mass is 589 g/mol. The number of nitrogens with one attached hydrogen (secondary N) is 1. The maximum Gasteiger partial charge on any atom is 0.262 e. The van der Waals surface area contributed by atoms with E-state index in [9.17, 15) is 18.8 Å². The number of rotatable bonds is 6. The predicted octanol–water partition coefficient (Wildman–Crippen LogP) is 4.51. The molecule has 174 valence electrons. The Morgan fingerprint density at radius 3 is 2.26 bits per heavy atom. The standard InChI is InChI=1S/C24H18Br2FN3O4/c25-17-7-12(10-28-30-23(32)20-13-1-2-14(9-13)21(20)24(30)33)8-18(26)22(17)34-11-19(31)29-16-5-3-15(27)4-6-16/h1-8,10,13-14,20-21H,9,11H2,(H,29,31)/t13-,14-,20-,21+/m0/s1. The summed E-state index contributed by atoms with van der Waals surface area (Å²) in [6.07, 6.45) is 6.40. The van der Waals surface area contributed by atoms with Gasteiger partial charge in [-0.1, -0.05) is 12.2 Å². The average molecular weight is 591 g/mol. The van der Waals surface area contributed by atoms with Crippen LogP contribution in [0.2, 0.25) is 0 Å². The van der Waals surface area contributed by atoms with Crippen molar-refractivity contribution >= 4 is 61.5 Å². The van der Waals surface area contributed by atoms with Crippen molar-refractivity contribution in [1.29, 1.82) is 0 Å². The molecular formula is C24H18Br2FN3O4. The lowest BCUT2D eigenvalue weighted by molar-refractivity contribution is -0.140. The average Bonchev–Trinajstić information content (AvgIpc) is 3.47. The van der Waals surface area contributed by atoms with Gasteiger partial charge in [-0.05, 0) is 92.1 Å². The fraction of sp³-hybridized carbons (Fsp3) is 0.250. The van der Waals surface area contributed by atoms with Crippen LogP contribution in [0.25, 0.3) is 0 Å². The highest BCUT2D eigenvalue weighted by atomic mass is 79.9. The van der Waals surface area contributed by atoms with Crippen molar-refractivity contribution in [2.24, 2.45) is 28.8 Å². The molecule has 3 amide bonds. The fourth-order valence-electron chi connectivity index (χ4n) is 4.78. The molecule has 1 aliphatic heterocycles. The highest BCUT2D eigenvalue weighted by Crippen LogP contribution is 2.52. The minimum absolute atomic E-state index is 0.131. The molecule has 0 aromatic heterocycles. The van der Waals surface area contributed by atoms with Crippen molar-refractivity contribution < 1.29 is 23.5 Å². The van der Waals surface area contributed by atoms with E-state index in [1.54, 1.807) is 12.1 Å². The summed E-state index contributed by atoms with van der Waals surface area (Å²) < 4.78 is 19.7. The highest BCUT2D eigenvalue weighted by Gasteiger charge is 2.59. The topological polar surface area (TPSA) is 88.1 Å². The number of imide groups is 1. The van der Waals surface area contributed by atoms with Gasteiger partial charge in [0.05, 0.1) is 27.0 Å². The van der Waals surface area contributed by atoms with Crippen molar-refractivity contribution in [2.45, 2.75) is 6.42 Å². The molecule has 10 heteroatoms. The third-order valence-corrected chi connectivity index (χ3v) is 7.44. The first kappa shape index (κ1) is 22.9. The summed E-state index contributed by atoms with van der Waals surface area (Å²) in [4.78, 5) is 37.7. The lowest BCUT2D eigenvalue weighted by atomic mass is 9.85. The van der Waals surface area contributed by atoms with Gasteiger partial charge in [0, 0.05) is 5.69 Å². The number of hydrogen-bond acceptors (Lipinski definition) is 5. The summed E-state index contributed by atoms with van der Waals surface area (Å²) in [6, 6.07) is 8.83. The van der Waals surface area contributed by atoms with Gasteiger partial charge >= 0.3 is 0 Å². The quantitative estimate of drug-likeness (QED) is 0.305. The maximum absolute atomic E-state index is 13.0. The van der Waals surface area contributed by atoms with Gasteiger partial charge in [0.2, 0.25) is 0 Å². The number of carbonyl (C=O) groups excluding carboxylic acids is 3. The summed E-state index contributed by atoms with van der Waals surface area (Å²) in [5, 5.41) is 7.80. The van der Waals surface area contributed by atoms with E-state index in [-0.39, 0.29) is 42.1 Å². The number of hydrogen-bond donors (Lipinski definition) is 1. The van der Waals surface area contributed by atoms with E-state index in [0.717, 1.165) is 11.4 Å². The minimum atomic E-state index is -0.406. The van der Waals surface area contributed by atoms with Crippen LogP contribution in [0.4, 0.5) is 10.1 Å². The van der Waals surface area contributed by atoms with Crippen molar-refractivity contribution in [2.75, 3.05) is 11.9 Å². The molecule has 2 aromatic rings. The third kappa shape index (κ3) is 4.20. The molecular weight excluding hydrogens is 573 g/mol. The first-order valence-electron chi connectivity index (χ1n) is 10.6. The van der Waals surface area contributed by atoms with Gasteiger partial charge in [0.15, 0.2) is 6.61 Å². The molecule has 1 heterocycles. The van der Waals surface area contributed by atoms with Crippen LogP contribution < -0.4 is 10.1 Å². The van der Waals surface area contributed by atoms with Crippen LogP contribution in [-0.2, 0) is 14.4 Å². The molecule has 3 aliphatic rings. The van der Waals surface area contributed by atoms with Crippen LogP contribution in [0.15, 0.2) is 62.6 Å². The largest absolute Gasteiger partial charge is 0.481 e. The predicted molar refractivity (Wildman–Crippen MR) is 130 cm³/mol. The van der Waals surface area contributed by atoms with Crippen LogP contribution in [0.5, 0.6) is 5.75 Å². The van der Waals surface area contributed by atoms with Crippen molar-refractivity contribution in [3.63, 3.8) is 0 Å². The maximum atomic E-state index is 13.0. The number of anilines is 1. The smallest absolute Gasteiger partial charge is 0.262 e. The second kappa shape index (κ2) is 9.07. The summed E-state index contributed by atoms with van der Waals surface area (Å²) in [6.45, 7) is -0.266. The number of ether oxygens (including phenoxy) is 1. The van der Waals surface area contributed by atoms with Crippen LogP contribution in [0.3, 0.4) is 0 Å². The molecule has 2 bridgehead atoms. The molecule has 1 N–H and O–H groups in total. The Morgan fingerprint density at radius 1 is 1.09 bits per heavy atom. The van der Waals surface area contributed by atoms with Crippen LogP contribution in [-0.4, -0.2) is 35.6 Å². The summed E-state index contributed by atoms with van der Waals surface area (Å²) >= 11 is 6.84. The van der Waals surface area contributed by atoms with E-state index in [1.165, 1.54) is 30.5 Å². The summed E-state index contributed by atoms with van der Waals surface area (Å²) in [5.41, 5.74) is 1.08. The zero-order chi connectivity index (χ0) is 24.0. The van der Waals surface area contributed by atoms with Gasteiger partial charge in [-0.3, -0.25) is 14.4 Å². The lowest BCUT2D eigenvalue weighted by Gasteiger charge is -2.13. The Labute approximate surface area is 211 Å². The van der Waals surface area contributed by atoms with Crippen molar-refractivity contribution in [3.05, 3.63) is 68.9 Å². The van der Waals surface area contributed by atoms with Gasteiger partial charge < -0.3 is 10.1 Å². The van der Waals surface area contributed by atoms with Crippen molar-refractivity contribution in [1.82, 2.24) is 5.01 Å². The van der Waals surface area contributed by atoms with Gasteiger partial charge in [-0.15, -0.1) is 0 Å². The van der Waals surface area contributed by atoms with Gasteiger partial charge in [0.25, 0.3) is 17.7 Å². The molecule has 0 spiro atoms. The second-order valence-corrected chi connectivity index (χ2v) is 10.1. The number of fused-ring (bicyclic) bond motifs is 5. The molecule has 7 nitrogen and oxygen atoms in total. The molecule has 34 heavy (non-hydrogen) atoms. The van der Waals surface area contributed by atoms with E-state index < -0.39 is 11.7 Å². The zero-order valence-corrected chi connectivity index (χ0v) is 20.8. The number of benzene rings is 2.